The lowest BCUT2D eigenvalue weighted by Crippen LogP contribution is -2.46. The largest absolute Gasteiger partial charge is 0.463 e. The molecule has 2 heterocycles. The Hall–Kier alpha value is -2.81. The van der Waals surface area contributed by atoms with Crippen LogP contribution >= 0.6 is 11.8 Å². The average Bonchev–Trinajstić information content (AvgIpc) is 3.44. The molecule has 1 aromatic carbocycles. The fourth-order valence-corrected chi connectivity index (χ4v) is 4.69. The maximum atomic E-state index is 12.8. The zero-order chi connectivity index (χ0) is 20.9. The summed E-state index contributed by atoms with van der Waals surface area (Å²) >= 11 is 1.38. The van der Waals surface area contributed by atoms with Crippen molar-refractivity contribution in [3.8, 4) is 0 Å². The van der Waals surface area contributed by atoms with Gasteiger partial charge in [0.05, 0.1) is 18.2 Å². The summed E-state index contributed by atoms with van der Waals surface area (Å²) in [5.41, 5.74) is 1.74. The van der Waals surface area contributed by atoms with Gasteiger partial charge in [-0.15, -0.1) is 5.10 Å². The number of aromatic amines is 1. The van der Waals surface area contributed by atoms with E-state index in [4.69, 9.17) is 4.74 Å². The number of carbonyl (C=O) groups is 2. The van der Waals surface area contributed by atoms with Crippen LogP contribution in [0.25, 0.3) is 0 Å². The first-order valence-electron chi connectivity index (χ1n) is 10.2. The van der Waals surface area contributed by atoms with Crippen molar-refractivity contribution < 1.29 is 14.3 Å². The molecule has 8 nitrogen and oxygen atoms in total. The number of thioether (sulfide) groups is 1. The molecule has 0 spiro atoms. The van der Waals surface area contributed by atoms with E-state index >= 15 is 0 Å². The molecule has 3 N–H and O–H groups in total. The van der Waals surface area contributed by atoms with E-state index in [0.29, 0.717) is 28.1 Å². The number of ether oxygens (including phenoxy) is 1. The molecule has 1 aromatic heterocycles. The number of benzene rings is 1. The highest BCUT2D eigenvalue weighted by Crippen LogP contribution is 2.33. The van der Waals surface area contributed by atoms with Gasteiger partial charge in [-0.25, -0.2) is 14.6 Å². The maximum absolute atomic E-state index is 12.8. The predicted octanol–water partition coefficient (Wildman–Crippen LogP) is 3.43. The molecule has 4 rings (SSSR count). The van der Waals surface area contributed by atoms with Gasteiger partial charge in [0.2, 0.25) is 5.16 Å². The minimum atomic E-state index is -0.573. The van der Waals surface area contributed by atoms with E-state index in [0.717, 1.165) is 24.2 Å². The molecule has 1 saturated carbocycles. The number of amides is 2. The van der Waals surface area contributed by atoms with Crippen molar-refractivity contribution in [2.45, 2.75) is 49.7 Å². The van der Waals surface area contributed by atoms with E-state index in [2.05, 4.69) is 25.8 Å². The molecule has 0 radical (unpaired) electrons. The Kier molecular flexibility index (Phi) is 6.37. The first kappa shape index (κ1) is 20.5. The second-order valence-electron chi connectivity index (χ2n) is 7.33. The summed E-state index contributed by atoms with van der Waals surface area (Å²) in [6.07, 6.45) is 4.73. The van der Waals surface area contributed by atoms with Gasteiger partial charge in [0, 0.05) is 17.4 Å². The number of rotatable bonds is 7. The van der Waals surface area contributed by atoms with E-state index in [-0.39, 0.29) is 12.6 Å². The quantitative estimate of drug-likeness (QED) is 0.461. The van der Waals surface area contributed by atoms with Crippen LogP contribution in [0.4, 0.5) is 4.79 Å². The van der Waals surface area contributed by atoms with Gasteiger partial charge in [0.25, 0.3) is 0 Å². The molecule has 9 heteroatoms. The van der Waals surface area contributed by atoms with Crippen LogP contribution in [0.2, 0.25) is 0 Å². The molecule has 158 valence electrons. The van der Waals surface area contributed by atoms with Crippen LogP contribution in [-0.4, -0.2) is 39.5 Å². The highest BCUT2D eigenvalue weighted by molar-refractivity contribution is 7.99. The van der Waals surface area contributed by atoms with Gasteiger partial charge in [-0.1, -0.05) is 54.9 Å². The van der Waals surface area contributed by atoms with E-state index in [1.54, 1.807) is 6.92 Å². The second-order valence-corrected chi connectivity index (χ2v) is 8.27. The summed E-state index contributed by atoms with van der Waals surface area (Å²) < 4.78 is 5.29. The lowest BCUT2D eigenvalue weighted by Gasteiger charge is -2.29. The Morgan fingerprint density at radius 2 is 2.00 bits per heavy atom. The number of nitrogens with one attached hydrogen (secondary N) is 3. The number of hydrogen-bond donors (Lipinski definition) is 3. The Morgan fingerprint density at radius 3 is 2.73 bits per heavy atom. The van der Waals surface area contributed by atoms with Crippen molar-refractivity contribution in [1.29, 1.82) is 0 Å². The van der Waals surface area contributed by atoms with Gasteiger partial charge < -0.3 is 15.4 Å². The van der Waals surface area contributed by atoms with Crippen LogP contribution in [0.15, 0.2) is 46.8 Å². The molecular weight excluding hydrogens is 402 g/mol. The fourth-order valence-electron chi connectivity index (χ4n) is 3.92. The maximum Gasteiger partial charge on any atom is 0.338 e. The van der Waals surface area contributed by atoms with Crippen molar-refractivity contribution in [3.05, 3.63) is 53.0 Å². The molecule has 2 amide bonds. The highest BCUT2D eigenvalue weighted by Gasteiger charge is 2.33. The Morgan fingerprint density at radius 1 is 1.23 bits per heavy atom. The molecule has 30 heavy (non-hydrogen) atoms. The first-order valence-corrected chi connectivity index (χ1v) is 11.2. The molecule has 1 atom stereocenters. The predicted molar refractivity (Wildman–Crippen MR) is 113 cm³/mol. The second kappa shape index (κ2) is 9.34. The minimum Gasteiger partial charge on any atom is -0.463 e. The molecular formula is C21H25N5O3S. The summed E-state index contributed by atoms with van der Waals surface area (Å²) in [5.74, 6) is 1.27. The standard InChI is InChI=1S/C21H25N5O3S/c1-2-29-19(27)16-15(22-20(28)23-17(16)13-8-4-3-5-9-13)12-30-21-24-18(25-26-21)14-10-6-7-11-14/h3-5,8-9,14,17H,2,6-7,10-12H2,1H3,(H2,22,23,28)(H,24,25,26). The molecule has 1 aliphatic heterocycles. The lowest BCUT2D eigenvalue weighted by atomic mass is 9.95. The first-order chi connectivity index (χ1) is 14.7. The normalized spacial score (nSPS) is 19.5. The fraction of sp³-hybridized carbons (Fsp3) is 0.429. The van der Waals surface area contributed by atoms with Gasteiger partial charge in [-0.05, 0) is 25.3 Å². The number of esters is 1. The molecule has 2 aromatic rings. The van der Waals surface area contributed by atoms with Crippen LogP contribution in [0.5, 0.6) is 0 Å². The van der Waals surface area contributed by atoms with Crippen LogP contribution in [0.3, 0.4) is 0 Å². The monoisotopic (exact) mass is 427 g/mol. The van der Waals surface area contributed by atoms with E-state index in [9.17, 15) is 9.59 Å². The van der Waals surface area contributed by atoms with E-state index in [1.165, 1.54) is 24.6 Å². The number of aromatic nitrogens is 3. The number of nitrogens with zero attached hydrogens (tertiary/aromatic N) is 2. The SMILES string of the molecule is CCOC(=O)C1=C(CSc2n[nH]c(C3CCCC3)n2)NC(=O)NC1c1ccccc1. The zero-order valence-corrected chi connectivity index (χ0v) is 17.6. The number of hydrogen-bond acceptors (Lipinski definition) is 6. The lowest BCUT2D eigenvalue weighted by molar-refractivity contribution is -0.139. The average molecular weight is 428 g/mol. The Bertz CT molecular complexity index is 937. The van der Waals surface area contributed by atoms with E-state index < -0.39 is 12.0 Å². The summed E-state index contributed by atoms with van der Waals surface area (Å²) in [5, 5.41) is 13.6. The van der Waals surface area contributed by atoms with Gasteiger partial charge in [-0.2, -0.15) is 0 Å². The van der Waals surface area contributed by atoms with Crippen molar-refractivity contribution in [2.24, 2.45) is 0 Å². The minimum absolute atomic E-state index is 0.254. The third-order valence-electron chi connectivity index (χ3n) is 5.35. The Labute approximate surface area is 179 Å². The van der Waals surface area contributed by atoms with Crippen LogP contribution in [0.1, 0.15) is 56.0 Å². The highest BCUT2D eigenvalue weighted by atomic mass is 32.2. The van der Waals surface area contributed by atoms with Gasteiger partial charge in [-0.3, -0.25) is 5.10 Å². The van der Waals surface area contributed by atoms with Gasteiger partial charge in [0.1, 0.15) is 5.82 Å². The molecule has 2 aliphatic rings. The van der Waals surface area contributed by atoms with Gasteiger partial charge in [0.15, 0.2) is 0 Å². The number of urea groups is 1. The zero-order valence-electron chi connectivity index (χ0n) is 16.8. The van der Waals surface area contributed by atoms with Crippen molar-refractivity contribution >= 4 is 23.8 Å². The molecule has 0 bridgehead atoms. The third-order valence-corrected chi connectivity index (χ3v) is 6.23. The summed E-state index contributed by atoms with van der Waals surface area (Å²) in [6.45, 7) is 2.02. The van der Waals surface area contributed by atoms with Crippen LogP contribution < -0.4 is 10.6 Å². The molecule has 0 saturated heterocycles. The smallest absolute Gasteiger partial charge is 0.338 e. The topological polar surface area (TPSA) is 109 Å². The van der Waals surface area contributed by atoms with Gasteiger partial charge >= 0.3 is 12.0 Å². The molecule has 1 aliphatic carbocycles. The summed E-state index contributed by atoms with van der Waals surface area (Å²) in [4.78, 5) is 29.7. The number of carbonyl (C=O) groups excluding carboxylic acids is 2. The molecule has 1 unspecified atom stereocenters. The summed E-state index contributed by atoms with van der Waals surface area (Å²) in [6, 6.07) is 8.47. The molecule has 1 fully saturated rings. The van der Waals surface area contributed by atoms with Crippen LogP contribution in [-0.2, 0) is 9.53 Å². The van der Waals surface area contributed by atoms with Crippen molar-refractivity contribution in [3.63, 3.8) is 0 Å². The van der Waals surface area contributed by atoms with E-state index in [1.807, 2.05) is 30.3 Å². The van der Waals surface area contributed by atoms with Crippen LogP contribution in [0, 0.1) is 0 Å². The number of H-pyrrole nitrogens is 1. The third kappa shape index (κ3) is 4.51. The van der Waals surface area contributed by atoms with Crippen molar-refractivity contribution in [2.75, 3.05) is 12.4 Å². The summed E-state index contributed by atoms with van der Waals surface area (Å²) in [7, 11) is 0. The Balaban J connectivity index is 1.58. The van der Waals surface area contributed by atoms with Crippen molar-refractivity contribution in [1.82, 2.24) is 25.8 Å².